The average Bonchev–Trinajstić information content (AvgIpc) is 2.74. The quantitative estimate of drug-likeness (QED) is 0.663. The SMILES string of the molecule is O=CO.[2H]C([2H])([2H])C([2H])([2H])Oc1ccc(O)cc1O[C@@H](c1ccccc1)[C@@H]1CNCCO1. The molecule has 3 rings (SSSR count). The Labute approximate surface area is 165 Å². The van der Waals surface area contributed by atoms with Gasteiger partial charge in [-0.15, -0.1) is 0 Å². The van der Waals surface area contributed by atoms with Crippen LogP contribution in [0.1, 0.15) is 25.4 Å². The summed E-state index contributed by atoms with van der Waals surface area (Å²) < 4.78 is 54.6. The Morgan fingerprint density at radius 3 is 2.81 bits per heavy atom. The standard InChI is InChI=1S/C19H23NO4.CH2O2/c1-2-22-16-9-8-15(21)12-17(16)24-19(14-6-4-3-5-7-14)18-13-20-10-11-23-18;2-1-3/h3-9,12,18-21H,2,10-11,13H2,1H3;1H,(H,2,3)/t18-,19-;/m0./s1/i1D3,2D2;. The second-order valence-corrected chi connectivity index (χ2v) is 5.50. The van der Waals surface area contributed by atoms with Crippen molar-refractivity contribution in [2.75, 3.05) is 26.3 Å². The number of benzene rings is 2. The molecular formula is C20H25NO6. The van der Waals surface area contributed by atoms with Crippen LogP contribution in [0.3, 0.4) is 0 Å². The van der Waals surface area contributed by atoms with E-state index in [1.807, 2.05) is 30.3 Å². The fraction of sp³-hybridized carbons (Fsp3) is 0.350. The lowest BCUT2D eigenvalue weighted by Crippen LogP contribution is -2.43. The van der Waals surface area contributed by atoms with E-state index in [9.17, 15) is 5.11 Å². The maximum absolute atomic E-state index is 9.91. The predicted molar refractivity (Wildman–Crippen MR) is 100 cm³/mol. The van der Waals surface area contributed by atoms with Crippen LogP contribution in [-0.4, -0.2) is 49.0 Å². The lowest BCUT2D eigenvalue weighted by atomic mass is 10.0. The Morgan fingerprint density at radius 1 is 1.37 bits per heavy atom. The first kappa shape index (κ1) is 14.3. The zero-order valence-corrected chi connectivity index (χ0v) is 14.5. The molecule has 0 aliphatic carbocycles. The van der Waals surface area contributed by atoms with Gasteiger partial charge in [0.15, 0.2) is 17.6 Å². The monoisotopic (exact) mass is 380 g/mol. The molecule has 1 aliphatic rings. The number of carboxylic acid groups (broad SMARTS) is 1. The molecule has 1 heterocycles. The van der Waals surface area contributed by atoms with Crippen molar-refractivity contribution >= 4 is 6.47 Å². The minimum atomic E-state index is -3.00. The van der Waals surface area contributed by atoms with Crippen molar-refractivity contribution < 1.29 is 36.1 Å². The summed E-state index contributed by atoms with van der Waals surface area (Å²) in [6.07, 6.45) is -0.937. The van der Waals surface area contributed by atoms with E-state index >= 15 is 0 Å². The van der Waals surface area contributed by atoms with E-state index in [0.717, 1.165) is 12.1 Å². The number of hydrogen-bond acceptors (Lipinski definition) is 6. The van der Waals surface area contributed by atoms with Crippen LogP contribution < -0.4 is 14.8 Å². The van der Waals surface area contributed by atoms with Gasteiger partial charge in [0.25, 0.3) is 6.47 Å². The first-order chi connectivity index (χ1) is 15.1. The van der Waals surface area contributed by atoms with E-state index in [0.29, 0.717) is 13.2 Å². The van der Waals surface area contributed by atoms with Gasteiger partial charge in [-0.1, -0.05) is 30.3 Å². The minimum Gasteiger partial charge on any atom is -0.508 e. The predicted octanol–water partition coefficient (Wildman–Crippen LogP) is 2.60. The largest absolute Gasteiger partial charge is 0.508 e. The normalized spacial score (nSPS) is 20.9. The average molecular weight is 380 g/mol. The van der Waals surface area contributed by atoms with Gasteiger partial charge in [0.05, 0.1) is 15.9 Å². The van der Waals surface area contributed by atoms with Crippen molar-refractivity contribution in [2.24, 2.45) is 0 Å². The zero-order valence-electron chi connectivity index (χ0n) is 19.5. The van der Waals surface area contributed by atoms with Gasteiger partial charge >= 0.3 is 0 Å². The van der Waals surface area contributed by atoms with Crippen LogP contribution in [0.15, 0.2) is 48.5 Å². The lowest BCUT2D eigenvalue weighted by Gasteiger charge is -2.32. The molecule has 7 nitrogen and oxygen atoms in total. The van der Waals surface area contributed by atoms with Gasteiger partial charge in [-0.25, -0.2) is 0 Å². The Balaban J connectivity index is 0.00000114. The highest BCUT2D eigenvalue weighted by molar-refractivity contribution is 5.45. The molecule has 0 spiro atoms. The number of ether oxygens (including phenoxy) is 3. The summed E-state index contributed by atoms with van der Waals surface area (Å²) in [5.74, 6) is -0.244. The smallest absolute Gasteiger partial charge is 0.290 e. The van der Waals surface area contributed by atoms with Gasteiger partial charge in [-0.2, -0.15) is 0 Å². The zero-order chi connectivity index (χ0) is 23.8. The second-order valence-electron chi connectivity index (χ2n) is 5.50. The van der Waals surface area contributed by atoms with Gasteiger partial charge in [0, 0.05) is 23.3 Å². The summed E-state index contributed by atoms with van der Waals surface area (Å²) in [6, 6.07) is 13.1. The third kappa shape index (κ3) is 6.16. The molecule has 7 heteroatoms. The van der Waals surface area contributed by atoms with Crippen molar-refractivity contribution in [1.82, 2.24) is 5.32 Å². The van der Waals surface area contributed by atoms with Gasteiger partial charge in [-0.05, 0) is 24.5 Å². The Kier molecular flexibility index (Phi) is 5.86. The molecule has 0 saturated carbocycles. The van der Waals surface area contributed by atoms with Crippen LogP contribution in [0.5, 0.6) is 17.2 Å². The van der Waals surface area contributed by atoms with Crippen molar-refractivity contribution in [3.63, 3.8) is 0 Å². The second kappa shape index (κ2) is 11.1. The van der Waals surface area contributed by atoms with Crippen molar-refractivity contribution in [2.45, 2.75) is 19.1 Å². The molecule has 0 bridgehead atoms. The highest BCUT2D eigenvalue weighted by Crippen LogP contribution is 2.36. The van der Waals surface area contributed by atoms with Crippen LogP contribution in [-0.2, 0) is 9.53 Å². The highest BCUT2D eigenvalue weighted by Gasteiger charge is 2.28. The molecule has 2 atom stereocenters. The Hall–Kier alpha value is -2.77. The number of hydrogen-bond donors (Lipinski definition) is 3. The number of nitrogens with one attached hydrogen (secondary N) is 1. The topological polar surface area (TPSA) is 97.3 Å². The molecule has 2 aromatic carbocycles. The maximum Gasteiger partial charge on any atom is 0.290 e. The molecule has 0 aromatic heterocycles. The van der Waals surface area contributed by atoms with E-state index in [1.165, 1.54) is 18.2 Å². The maximum atomic E-state index is 9.91. The summed E-state index contributed by atoms with van der Waals surface area (Å²) in [6.45, 7) is -4.44. The molecular weight excluding hydrogens is 350 g/mol. The molecule has 1 saturated heterocycles. The summed E-state index contributed by atoms with van der Waals surface area (Å²) in [5, 5.41) is 20.0. The number of phenols is 1. The fourth-order valence-electron chi connectivity index (χ4n) is 2.65. The van der Waals surface area contributed by atoms with E-state index in [1.54, 1.807) is 0 Å². The van der Waals surface area contributed by atoms with Crippen LogP contribution in [0.4, 0.5) is 0 Å². The first-order valence-electron chi connectivity index (χ1n) is 10.7. The van der Waals surface area contributed by atoms with Gasteiger partial charge < -0.3 is 29.7 Å². The van der Waals surface area contributed by atoms with Gasteiger partial charge in [-0.3, -0.25) is 4.79 Å². The van der Waals surface area contributed by atoms with Gasteiger partial charge in [0.1, 0.15) is 11.9 Å². The molecule has 1 fully saturated rings. The van der Waals surface area contributed by atoms with E-state index in [2.05, 4.69) is 5.32 Å². The molecule has 0 amide bonds. The summed E-state index contributed by atoms with van der Waals surface area (Å²) in [4.78, 5) is 8.36. The van der Waals surface area contributed by atoms with Crippen LogP contribution in [0, 0.1) is 0 Å². The summed E-state index contributed by atoms with van der Waals surface area (Å²) >= 11 is 0. The third-order valence-electron chi connectivity index (χ3n) is 3.76. The lowest BCUT2D eigenvalue weighted by molar-refractivity contribution is -0.122. The number of carbonyl (C=O) groups is 1. The highest BCUT2D eigenvalue weighted by atomic mass is 16.6. The van der Waals surface area contributed by atoms with Gasteiger partial charge in [0.2, 0.25) is 0 Å². The van der Waals surface area contributed by atoms with E-state index < -0.39 is 19.5 Å². The molecule has 0 unspecified atom stereocenters. The molecule has 0 radical (unpaired) electrons. The van der Waals surface area contributed by atoms with Crippen LogP contribution in [0.2, 0.25) is 0 Å². The first-order valence-corrected chi connectivity index (χ1v) is 8.23. The molecule has 146 valence electrons. The van der Waals surface area contributed by atoms with Crippen LogP contribution in [0.25, 0.3) is 0 Å². The van der Waals surface area contributed by atoms with Crippen LogP contribution >= 0.6 is 0 Å². The molecule has 1 aliphatic heterocycles. The molecule has 2 aromatic rings. The number of phenolic OH excluding ortho intramolecular Hbond substituents is 1. The van der Waals surface area contributed by atoms with Crippen molar-refractivity contribution in [3.05, 3.63) is 54.1 Å². The minimum absolute atomic E-state index is 0.0150. The Morgan fingerprint density at radius 2 is 2.15 bits per heavy atom. The summed E-state index contributed by atoms with van der Waals surface area (Å²) in [5.41, 5.74) is 0.814. The molecule has 27 heavy (non-hydrogen) atoms. The van der Waals surface area contributed by atoms with Crippen molar-refractivity contribution in [3.8, 4) is 17.2 Å². The third-order valence-corrected chi connectivity index (χ3v) is 3.76. The Bertz CT molecular complexity index is 859. The van der Waals surface area contributed by atoms with E-state index in [-0.39, 0.29) is 29.8 Å². The molecule has 3 N–H and O–H groups in total. The summed E-state index contributed by atoms with van der Waals surface area (Å²) in [7, 11) is 0. The number of morpholine rings is 1. The fourth-order valence-corrected chi connectivity index (χ4v) is 2.65. The van der Waals surface area contributed by atoms with E-state index in [4.69, 9.17) is 31.0 Å². The van der Waals surface area contributed by atoms with Crippen molar-refractivity contribution in [1.29, 1.82) is 0 Å². The number of aromatic hydroxyl groups is 1. The number of rotatable bonds is 6.